The molecule has 1 aromatic heterocycles. The van der Waals surface area contributed by atoms with Gasteiger partial charge in [-0.2, -0.15) is 0 Å². The number of nitrogens with zero attached hydrogens (tertiary/aromatic N) is 1. The molecule has 1 saturated carbocycles. The van der Waals surface area contributed by atoms with Crippen LogP contribution in [0, 0.1) is 23.7 Å². The zero-order chi connectivity index (χ0) is 14.5. The summed E-state index contributed by atoms with van der Waals surface area (Å²) in [5, 5.41) is 10.7. The lowest BCUT2D eigenvalue weighted by atomic mass is 10.1. The Balaban J connectivity index is 1.89. The van der Waals surface area contributed by atoms with Crippen molar-refractivity contribution in [1.29, 1.82) is 0 Å². The van der Waals surface area contributed by atoms with Crippen molar-refractivity contribution in [3.05, 3.63) is 21.9 Å². The van der Waals surface area contributed by atoms with Crippen LogP contribution in [0.2, 0.25) is 0 Å². The van der Waals surface area contributed by atoms with Crippen molar-refractivity contribution in [3.63, 3.8) is 0 Å². The van der Waals surface area contributed by atoms with Crippen molar-refractivity contribution in [2.75, 3.05) is 13.7 Å². The summed E-state index contributed by atoms with van der Waals surface area (Å²) < 4.78 is 0. The number of carbonyl (C=O) groups excluding carboxylic acids is 1. The van der Waals surface area contributed by atoms with Gasteiger partial charge in [-0.1, -0.05) is 18.8 Å². The minimum atomic E-state index is 0.0987. The standard InChI is InChI=1S/C16H21NO2S/c1-12(14-6-7-14)16(19)17(2)10-13-9-15(20-11-13)5-3-4-8-18/h9,11-12,14,18H,4,6-8,10H2,1-2H3. The molecule has 1 atom stereocenters. The predicted molar refractivity (Wildman–Crippen MR) is 81.3 cm³/mol. The molecule has 0 aliphatic heterocycles. The summed E-state index contributed by atoms with van der Waals surface area (Å²) in [6, 6.07) is 2.03. The molecule has 20 heavy (non-hydrogen) atoms. The molecule has 0 radical (unpaired) electrons. The monoisotopic (exact) mass is 291 g/mol. The zero-order valence-electron chi connectivity index (χ0n) is 12.1. The normalized spacial score (nSPS) is 15.3. The Hall–Kier alpha value is -1.31. The summed E-state index contributed by atoms with van der Waals surface area (Å²) in [5.41, 5.74) is 1.13. The Kier molecular flexibility index (Phi) is 5.22. The molecule has 4 heteroatoms. The van der Waals surface area contributed by atoms with Gasteiger partial charge in [-0.25, -0.2) is 0 Å². The molecule has 1 heterocycles. The molecule has 2 rings (SSSR count). The molecule has 1 aromatic rings. The maximum Gasteiger partial charge on any atom is 0.225 e. The molecule has 0 aromatic carbocycles. The first kappa shape index (κ1) is 15.1. The van der Waals surface area contributed by atoms with Gasteiger partial charge in [0, 0.05) is 25.9 Å². The smallest absolute Gasteiger partial charge is 0.225 e. The molecule has 1 N–H and O–H groups in total. The van der Waals surface area contributed by atoms with Gasteiger partial charge in [-0.15, -0.1) is 11.3 Å². The molecule has 1 amide bonds. The van der Waals surface area contributed by atoms with E-state index in [4.69, 9.17) is 5.11 Å². The van der Waals surface area contributed by atoms with Gasteiger partial charge in [0.15, 0.2) is 0 Å². The Morgan fingerprint density at radius 1 is 1.60 bits per heavy atom. The first-order valence-corrected chi connectivity index (χ1v) is 7.92. The quantitative estimate of drug-likeness (QED) is 0.847. The number of carbonyl (C=O) groups is 1. The molecule has 3 nitrogen and oxygen atoms in total. The van der Waals surface area contributed by atoms with Gasteiger partial charge in [0.2, 0.25) is 5.91 Å². The second kappa shape index (κ2) is 6.92. The fourth-order valence-corrected chi connectivity index (χ4v) is 3.00. The minimum absolute atomic E-state index is 0.0987. The second-order valence-electron chi connectivity index (χ2n) is 5.41. The Bertz CT molecular complexity index is 522. The maximum absolute atomic E-state index is 12.2. The number of thiophene rings is 1. The summed E-state index contributed by atoms with van der Waals surface area (Å²) in [6.07, 6.45) is 2.90. The SMILES string of the molecule is CC(C(=O)N(C)Cc1csc(C#CCCO)c1)C1CC1. The molecule has 0 spiro atoms. The Morgan fingerprint density at radius 3 is 3.00 bits per heavy atom. The first-order valence-electron chi connectivity index (χ1n) is 7.04. The van der Waals surface area contributed by atoms with Crippen LogP contribution in [0.1, 0.15) is 36.6 Å². The summed E-state index contributed by atoms with van der Waals surface area (Å²) in [4.78, 5) is 15.0. The van der Waals surface area contributed by atoms with Crippen LogP contribution < -0.4 is 0 Å². The van der Waals surface area contributed by atoms with E-state index in [-0.39, 0.29) is 18.4 Å². The fraction of sp³-hybridized carbons (Fsp3) is 0.562. The lowest BCUT2D eigenvalue weighted by Crippen LogP contribution is -2.32. The number of rotatable bonds is 5. The molecule has 1 aliphatic carbocycles. The number of aliphatic hydroxyl groups excluding tert-OH is 1. The highest BCUT2D eigenvalue weighted by Gasteiger charge is 2.33. The van der Waals surface area contributed by atoms with Gasteiger partial charge in [0.25, 0.3) is 0 Å². The van der Waals surface area contributed by atoms with E-state index in [9.17, 15) is 4.79 Å². The topological polar surface area (TPSA) is 40.5 Å². The van der Waals surface area contributed by atoms with Crippen LogP contribution in [0.25, 0.3) is 0 Å². The van der Waals surface area contributed by atoms with Gasteiger partial charge in [-0.3, -0.25) is 4.79 Å². The van der Waals surface area contributed by atoms with E-state index >= 15 is 0 Å². The highest BCUT2D eigenvalue weighted by molar-refractivity contribution is 7.10. The Labute approximate surface area is 124 Å². The van der Waals surface area contributed by atoms with Gasteiger partial charge in [0.1, 0.15) is 0 Å². The average molecular weight is 291 g/mol. The van der Waals surface area contributed by atoms with Crippen molar-refractivity contribution >= 4 is 17.2 Å². The third-order valence-corrected chi connectivity index (χ3v) is 4.51. The van der Waals surface area contributed by atoms with E-state index in [2.05, 4.69) is 17.2 Å². The van der Waals surface area contributed by atoms with Crippen LogP contribution in [0.5, 0.6) is 0 Å². The second-order valence-corrected chi connectivity index (χ2v) is 6.33. The molecule has 0 bridgehead atoms. The molecule has 1 unspecified atom stereocenters. The van der Waals surface area contributed by atoms with E-state index in [1.165, 1.54) is 12.8 Å². The van der Waals surface area contributed by atoms with Crippen molar-refractivity contribution in [1.82, 2.24) is 4.90 Å². The largest absolute Gasteiger partial charge is 0.395 e. The van der Waals surface area contributed by atoms with Gasteiger partial charge >= 0.3 is 0 Å². The number of hydrogen-bond acceptors (Lipinski definition) is 3. The van der Waals surface area contributed by atoms with Crippen LogP contribution in [0.3, 0.4) is 0 Å². The number of aliphatic hydroxyl groups is 1. The first-order chi connectivity index (χ1) is 9.61. The summed E-state index contributed by atoms with van der Waals surface area (Å²) in [5.74, 6) is 6.94. The molecule has 1 aliphatic rings. The van der Waals surface area contributed by atoms with Crippen LogP contribution in [-0.4, -0.2) is 29.6 Å². The van der Waals surface area contributed by atoms with E-state index in [0.717, 1.165) is 10.4 Å². The third kappa shape index (κ3) is 4.09. The highest BCUT2D eigenvalue weighted by Crippen LogP contribution is 2.37. The lowest BCUT2D eigenvalue weighted by molar-refractivity contribution is -0.134. The highest BCUT2D eigenvalue weighted by atomic mass is 32.1. The van der Waals surface area contributed by atoms with E-state index in [0.29, 0.717) is 18.9 Å². The Morgan fingerprint density at radius 2 is 2.35 bits per heavy atom. The maximum atomic E-state index is 12.2. The molecule has 0 saturated heterocycles. The van der Waals surface area contributed by atoms with E-state index in [1.807, 2.05) is 24.9 Å². The summed E-state index contributed by atoms with van der Waals surface area (Å²) in [6.45, 7) is 2.78. The summed E-state index contributed by atoms with van der Waals surface area (Å²) >= 11 is 1.59. The molecular weight excluding hydrogens is 270 g/mol. The van der Waals surface area contributed by atoms with E-state index in [1.54, 1.807) is 11.3 Å². The van der Waals surface area contributed by atoms with Gasteiger partial charge in [0.05, 0.1) is 11.5 Å². The van der Waals surface area contributed by atoms with Crippen LogP contribution >= 0.6 is 11.3 Å². The van der Waals surface area contributed by atoms with Crippen LogP contribution in [0.4, 0.5) is 0 Å². The minimum Gasteiger partial charge on any atom is -0.395 e. The van der Waals surface area contributed by atoms with Crippen LogP contribution in [-0.2, 0) is 11.3 Å². The number of amides is 1. The van der Waals surface area contributed by atoms with Crippen molar-refractivity contribution in [3.8, 4) is 11.8 Å². The lowest BCUT2D eigenvalue weighted by Gasteiger charge is -2.20. The molecular formula is C16H21NO2S. The van der Waals surface area contributed by atoms with Crippen molar-refractivity contribution in [2.45, 2.75) is 32.7 Å². The fourth-order valence-electron chi connectivity index (χ4n) is 2.23. The van der Waals surface area contributed by atoms with Crippen molar-refractivity contribution in [2.24, 2.45) is 11.8 Å². The number of hydrogen-bond donors (Lipinski definition) is 1. The van der Waals surface area contributed by atoms with Crippen molar-refractivity contribution < 1.29 is 9.90 Å². The van der Waals surface area contributed by atoms with Gasteiger partial charge in [-0.05, 0) is 35.8 Å². The van der Waals surface area contributed by atoms with Crippen LogP contribution in [0.15, 0.2) is 11.4 Å². The predicted octanol–water partition coefficient (Wildman–Crippen LogP) is 2.49. The van der Waals surface area contributed by atoms with E-state index < -0.39 is 0 Å². The third-order valence-electron chi connectivity index (χ3n) is 3.62. The molecule has 108 valence electrons. The zero-order valence-corrected chi connectivity index (χ0v) is 12.9. The average Bonchev–Trinajstić information content (AvgIpc) is 3.20. The summed E-state index contributed by atoms with van der Waals surface area (Å²) in [7, 11) is 1.87. The molecule has 1 fully saturated rings. The van der Waals surface area contributed by atoms with Gasteiger partial charge < -0.3 is 10.0 Å².